The molecule has 1 amide bonds. The Morgan fingerprint density at radius 3 is 2.54 bits per heavy atom. The lowest BCUT2D eigenvalue weighted by Crippen LogP contribution is -2.43. The van der Waals surface area contributed by atoms with E-state index >= 15 is 0 Å². The molecule has 2 fully saturated rings. The van der Waals surface area contributed by atoms with Crippen molar-refractivity contribution in [3.05, 3.63) is 17.5 Å². The van der Waals surface area contributed by atoms with Crippen molar-refractivity contribution in [2.75, 3.05) is 0 Å². The van der Waals surface area contributed by atoms with E-state index in [0.29, 0.717) is 17.5 Å². The van der Waals surface area contributed by atoms with Crippen LogP contribution in [0, 0.1) is 24.7 Å². The van der Waals surface area contributed by atoms with Crippen molar-refractivity contribution < 1.29 is 18.0 Å². The van der Waals surface area contributed by atoms with Gasteiger partial charge in [-0.3, -0.25) is 9.48 Å². The van der Waals surface area contributed by atoms with Crippen molar-refractivity contribution in [2.24, 2.45) is 17.8 Å². The molecule has 1 aromatic heterocycles. The normalized spacial score (nSPS) is 28.8. The van der Waals surface area contributed by atoms with Gasteiger partial charge in [0.2, 0.25) is 5.91 Å². The maximum atomic E-state index is 12.8. The fourth-order valence-corrected chi connectivity index (χ4v) is 4.49. The smallest absolute Gasteiger partial charge is 0.352 e. The topological polar surface area (TPSA) is 46.9 Å². The number of amides is 1. The number of nitrogens with one attached hydrogen (secondary N) is 1. The van der Waals surface area contributed by atoms with Gasteiger partial charge in [-0.1, -0.05) is 6.42 Å². The summed E-state index contributed by atoms with van der Waals surface area (Å²) in [5.41, 5.74) is -0.627. The molecule has 5 atom stereocenters. The van der Waals surface area contributed by atoms with Gasteiger partial charge in [0, 0.05) is 11.7 Å². The standard InChI is InChI=1S/C17H24F3N3O/c1-9-6-15(17(18,19)20)22-23(9)11(3)16(24)21-10(2)14-8-12-4-5-13(14)7-12/h6,10-14H,4-5,7-8H2,1-3H3,(H,21,24)/t10-,11+,12-,13-,14-/m0/s1. The van der Waals surface area contributed by atoms with Crippen LogP contribution in [0.2, 0.25) is 0 Å². The second kappa shape index (κ2) is 6.08. The van der Waals surface area contributed by atoms with Crippen LogP contribution in [-0.2, 0) is 11.0 Å². The van der Waals surface area contributed by atoms with Crippen LogP contribution < -0.4 is 5.32 Å². The van der Waals surface area contributed by atoms with E-state index in [1.165, 1.54) is 26.2 Å². The lowest BCUT2D eigenvalue weighted by Gasteiger charge is -2.29. The van der Waals surface area contributed by atoms with Crippen molar-refractivity contribution in [2.45, 2.75) is 64.7 Å². The molecular weight excluding hydrogens is 319 g/mol. The summed E-state index contributed by atoms with van der Waals surface area (Å²) < 4.78 is 39.5. The van der Waals surface area contributed by atoms with Crippen LogP contribution in [0.25, 0.3) is 0 Å². The van der Waals surface area contributed by atoms with Gasteiger partial charge >= 0.3 is 6.18 Å². The fourth-order valence-electron chi connectivity index (χ4n) is 4.49. The molecule has 0 saturated heterocycles. The summed E-state index contributed by atoms with van der Waals surface area (Å²) >= 11 is 0. The zero-order valence-corrected chi connectivity index (χ0v) is 14.2. The Hall–Kier alpha value is -1.53. The van der Waals surface area contributed by atoms with Crippen molar-refractivity contribution in [1.82, 2.24) is 15.1 Å². The highest BCUT2D eigenvalue weighted by Gasteiger charge is 2.42. The molecule has 2 aliphatic carbocycles. The summed E-state index contributed by atoms with van der Waals surface area (Å²) in [7, 11) is 0. The van der Waals surface area contributed by atoms with Crippen molar-refractivity contribution >= 4 is 5.91 Å². The first-order valence-electron chi connectivity index (χ1n) is 8.60. The van der Waals surface area contributed by atoms with E-state index in [0.717, 1.165) is 23.1 Å². The minimum atomic E-state index is -4.50. The van der Waals surface area contributed by atoms with Gasteiger partial charge in [0.15, 0.2) is 5.69 Å². The molecule has 1 aromatic rings. The lowest BCUT2D eigenvalue weighted by molar-refractivity contribution is -0.142. The van der Waals surface area contributed by atoms with Gasteiger partial charge in [0.25, 0.3) is 0 Å². The lowest BCUT2D eigenvalue weighted by atomic mass is 9.84. The number of carbonyl (C=O) groups excluding carboxylic acids is 1. The van der Waals surface area contributed by atoms with Crippen LogP contribution in [0.1, 0.15) is 57.0 Å². The number of aromatic nitrogens is 2. The van der Waals surface area contributed by atoms with E-state index in [9.17, 15) is 18.0 Å². The minimum Gasteiger partial charge on any atom is -0.352 e. The van der Waals surface area contributed by atoms with Crippen LogP contribution in [0.3, 0.4) is 0 Å². The summed E-state index contributed by atoms with van der Waals surface area (Å²) in [6, 6.07) is 0.263. The third-order valence-electron chi connectivity index (χ3n) is 5.76. The zero-order chi connectivity index (χ0) is 17.6. The van der Waals surface area contributed by atoms with Gasteiger partial charge in [-0.05, 0) is 63.9 Å². The van der Waals surface area contributed by atoms with Crippen molar-refractivity contribution in [1.29, 1.82) is 0 Å². The zero-order valence-electron chi connectivity index (χ0n) is 14.2. The average molecular weight is 343 g/mol. The number of alkyl halides is 3. The number of nitrogens with zero attached hydrogens (tertiary/aromatic N) is 2. The first kappa shape index (κ1) is 17.3. The fraction of sp³-hybridized carbons (Fsp3) is 0.765. The third-order valence-corrected chi connectivity index (χ3v) is 5.76. The van der Waals surface area contributed by atoms with Gasteiger partial charge in [0.1, 0.15) is 6.04 Å². The Labute approximate surface area is 139 Å². The first-order chi connectivity index (χ1) is 11.2. The molecule has 24 heavy (non-hydrogen) atoms. The Balaban J connectivity index is 1.65. The molecular formula is C17H24F3N3O. The second-order valence-corrected chi connectivity index (χ2v) is 7.43. The number of aryl methyl sites for hydroxylation is 1. The molecule has 0 unspecified atom stereocenters. The summed E-state index contributed by atoms with van der Waals surface area (Å²) in [5.74, 6) is 1.69. The Morgan fingerprint density at radius 1 is 1.33 bits per heavy atom. The molecule has 0 aromatic carbocycles. The van der Waals surface area contributed by atoms with Crippen molar-refractivity contribution in [3.63, 3.8) is 0 Å². The molecule has 7 heteroatoms. The highest BCUT2D eigenvalue weighted by molar-refractivity contribution is 5.80. The molecule has 2 aliphatic rings. The highest BCUT2D eigenvalue weighted by Crippen LogP contribution is 2.49. The van der Waals surface area contributed by atoms with Crippen LogP contribution in [-0.4, -0.2) is 21.7 Å². The molecule has 1 N–H and O–H groups in total. The first-order valence-corrected chi connectivity index (χ1v) is 8.60. The number of rotatable bonds is 4. The van der Waals surface area contributed by atoms with E-state index < -0.39 is 17.9 Å². The largest absolute Gasteiger partial charge is 0.435 e. The summed E-state index contributed by atoms with van der Waals surface area (Å²) in [6.45, 7) is 5.13. The van der Waals surface area contributed by atoms with Crippen LogP contribution in [0.4, 0.5) is 13.2 Å². The van der Waals surface area contributed by atoms with E-state index in [4.69, 9.17) is 0 Å². The van der Waals surface area contributed by atoms with E-state index in [2.05, 4.69) is 10.4 Å². The molecule has 2 saturated carbocycles. The molecule has 2 bridgehead atoms. The molecule has 1 heterocycles. The van der Waals surface area contributed by atoms with Gasteiger partial charge in [-0.15, -0.1) is 0 Å². The van der Waals surface area contributed by atoms with Crippen LogP contribution >= 0.6 is 0 Å². The molecule has 0 aliphatic heterocycles. The molecule has 0 spiro atoms. The van der Waals surface area contributed by atoms with E-state index in [1.54, 1.807) is 6.92 Å². The van der Waals surface area contributed by atoms with Gasteiger partial charge in [-0.25, -0.2) is 0 Å². The molecule has 134 valence electrons. The highest BCUT2D eigenvalue weighted by atomic mass is 19.4. The average Bonchev–Trinajstić information content (AvgIpc) is 3.20. The third kappa shape index (κ3) is 3.17. The Morgan fingerprint density at radius 2 is 2.04 bits per heavy atom. The van der Waals surface area contributed by atoms with E-state index in [1.807, 2.05) is 6.92 Å². The second-order valence-electron chi connectivity index (χ2n) is 7.43. The van der Waals surface area contributed by atoms with Gasteiger partial charge in [0.05, 0.1) is 0 Å². The van der Waals surface area contributed by atoms with E-state index in [-0.39, 0.29) is 11.9 Å². The predicted octanol–water partition coefficient (Wildman–Crippen LogP) is 3.71. The molecule has 3 rings (SSSR count). The summed E-state index contributed by atoms with van der Waals surface area (Å²) in [5, 5.41) is 6.57. The monoisotopic (exact) mass is 343 g/mol. The number of carbonyl (C=O) groups is 1. The number of halogens is 3. The quantitative estimate of drug-likeness (QED) is 0.906. The number of hydrogen-bond acceptors (Lipinski definition) is 2. The van der Waals surface area contributed by atoms with Gasteiger partial charge in [-0.2, -0.15) is 18.3 Å². The SMILES string of the molecule is Cc1cc(C(F)(F)F)nn1[C@H](C)C(=O)N[C@@H](C)[C@@H]1C[C@H]2CC[C@H]1C2. The maximum Gasteiger partial charge on any atom is 0.435 e. The number of hydrogen-bond donors (Lipinski definition) is 1. The minimum absolute atomic E-state index is 0.0493. The van der Waals surface area contributed by atoms with Gasteiger partial charge < -0.3 is 5.32 Å². The Kier molecular flexibility index (Phi) is 4.38. The van der Waals surface area contributed by atoms with Crippen molar-refractivity contribution in [3.8, 4) is 0 Å². The Bertz CT molecular complexity index is 625. The van der Waals surface area contributed by atoms with Crippen LogP contribution in [0.15, 0.2) is 6.07 Å². The number of fused-ring (bicyclic) bond motifs is 2. The predicted molar refractivity (Wildman–Crippen MR) is 83.2 cm³/mol. The summed E-state index contributed by atoms with van der Waals surface area (Å²) in [6.07, 6.45) is 0.443. The van der Waals surface area contributed by atoms with Crippen LogP contribution in [0.5, 0.6) is 0 Å². The molecule has 4 nitrogen and oxygen atoms in total. The maximum absolute atomic E-state index is 12.8. The summed E-state index contributed by atoms with van der Waals surface area (Å²) in [4.78, 5) is 12.5. The molecule has 0 radical (unpaired) electrons.